The largest absolute Gasteiger partial charge is 0.491 e. The maximum atomic E-state index is 13.2. The van der Waals surface area contributed by atoms with Crippen molar-refractivity contribution >= 4 is 18.5 Å². The van der Waals surface area contributed by atoms with Crippen molar-refractivity contribution in [3.63, 3.8) is 0 Å². The fourth-order valence-electron chi connectivity index (χ4n) is 1.15. The lowest BCUT2D eigenvalue weighted by Gasteiger charge is -2.05. The van der Waals surface area contributed by atoms with Gasteiger partial charge >= 0.3 is 7.12 Å². The molecule has 0 atom stereocenters. The van der Waals surface area contributed by atoms with Crippen molar-refractivity contribution in [1.82, 2.24) is 5.32 Å². The molecule has 0 aliphatic rings. The van der Waals surface area contributed by atoms with E-state index in [1.807, 2.05) is 0 Å². The number of carbonyl (C=O) groups excluding carboxylic acids is 1. The van der Waals surface area contributed by atoms with Crippen LogP contribution in [0.4, 0.5) is 4.39 Å². The minimum absolute atomic E-state index is 0.0513. The zero-order valence-corrected chi connectivity index (χ0v) is 8.35. The second-order valence-corrected chi connectivity index (χ2v) is 3.09. The highest BCUT2D eigenvalue weighted by Gasteiger charge is 2.17. The summed E-state index contributed by atoms with van der Waals surface area (Å²) in [6, 6.07) is 3.29. The number of aliphatic hydroxyl groups is 1. The van der Waals surface area contributed by atoms with Gasteiger partial charge in [0, 0.05) is 17.6 Å². The number of nitrogens with one attached hydrogen (secondary N) is 1. The first kappa shape index (κ1) is 12.6. The van der Waals surface area contributed by atoms with Crippen molar-refractivity contribution in [2.45, 2.75) is 0 Å². The van der Waals surface area contributed by atoms with Crippen LogP contribution in [0.2, 0.25) is 0 Å². The monoisotopic (exact) mass is 227 g/mol. The Balaban J connectivity index is 2.84. The van der Waals surface area contributed by atoms with Crippen LogP contribution in [-0.4, -0.2) is 41.3 Å². The number of hydrogen-bond acceptors (Lipinski definition) is 4. The molecule has 0 aliphatic heterocycles. The van der Waals surface area contributed by atoms with Crippen LogP contribution < -0.4 is 10.8 Å². The smallest absolute Gasteiger partial charge is 0.423 e. The highest BCUT2D eigenvalue weighted by molar-refractivity contribution is 6.58. The van der Waals surface area contributed by atoms with E-state index in [0.29, 0.717) is 0 Å². The molecule has 0 heterocycles. The summed E-state index contributed by atoms with van der Waals surface area (Å²) in [4.78, 5) is 11.3. The van der Waals surface area contributed by atoms with Gasteiger partial charge in [-0.05, 0) is 12.1 Å². The van der Waals surface area contributed by atoms with Gasteiger partial charge in [0.1, 0.15) is 5.82 Å². The molecule has 1 aromatic rings. The number of amides is 1. The van der Waals surface area contributed by atoms with E-state index >= 15 is 0 Å². The first-order valence-electron chi connectivity index (χ1n) is 4.61. The third kappa shape index (κ3) is 3.03. The van der Waals surface area contributed by atoms with Gasteiger partial charge in [-0.3, -0.25) is 4.79 Å². The van der Waals surface area contributed by atoms with Gasteiger partial charge in [-0.15, -0.1) is 0 Å². The molecule has 1 rings (SSSR count). The number of aliphatic hydroxyl groups excluding tert-OH is 1. The highest BCUT2D eigenvalue weighted by Crippen LogP contribution is 2.02. The molecule has 0 bridgehead atoms. The van der Waals surface area contributed by atoms with E-state index in [1.165, 1.54) is 6.07 Å². The van der Waals surface area contributed by atoms with E-state index in [0.717, 1.165) is 12.1 Å². The Morgan fingerprint density at radius 1 is 1.44 bits per heavy atom. The number of halogens is 1. The van der Waals surface area contributed by atoms with Gasteiger partial charge in [0.15, 0.2) is 0 Å². The van der Waals surface area contributed by atoms with E-state index in [9.17, 15) is 9.18 Å². The molecular weight excluding hydrogens is 216 g/mol. The lowest BCUT2D eigenvalue weighted by atomic mass is 9.79. The molecule has 1 amide bonds. The molecule has 5 nitrogen and oxygen atoms in total. The summed E-state index contributed by atoms with van der Waals surface area (Å²) in [5.74, 6) is -1.40. The maximum Gasteiger partial charge on any atom is 0.491 e. The molecule has 16 heavy (non-hydrogen) atoms. The predicted octanol–water partition coefficient (Wildman–Crippen LogP) is -1.77. The number of rotatable bonds is 4. The third-order valence-electron chi connectivity index (χ3n) is 1.94. The molecule has 0 radical (unpaired) electrons. The summed E-state index contributed by atoms with van der Waals surface area (Å²) in [6.45, 7) is -0.132. The van der Waals surface area contributed by atoms with E-state index in [4.69, 9.17) is 15.2 Å². The highest BCUT2D eigenvalue weighted by atomic mass is 19.1. The second kappa shape index (κ2) is 5.59. The van der Waals surface area contributed by atoms with Crippen LogP contribution in [0.1, 0.15) is 10.4 Å². The van der Waals surface area contributed by atoms with Gasteiger partial charge in [-0.2, -0.15) is 0 Å². The van der Waals surface area contributed by atoms with Gasteiger partial charge in [0.25, 0.3) is 5.91 Å². The van der Waals surface area contributed by atoms with Crippen LogP contribution in [-0.2, 0) is 0 Å². The topological polar surface area (TPSA) is 89.8 Å². The first-order chi connectivity index (χ1) is 7.56. The standard InChI is InChI=1S/C9H11BFNO4/c11-8-5-6(9(14)12-3-4-13)1-2-7(8)10(15)16/h1-2,5,13,15-16H,3-4H2,(H,12,14). The Hall–Kier alpha value is -1.44. The van der Waals surface area contributed by atoms with Gasteiger partial charge in [0.2, 0.25) is 0 Å². The predicted molar refractivity (Wildman–Crippen MR) is 55.6 cm³/mol. The van der Waals surface area contributed by atoms with Crippen molar-refractivity contribution in [2.75, 3.05) is 13.2 Å². The van der Waals surface area contributed by atoms with Crippen LogP contribution in [0.15, 0.2) is 18.2 Å². The number of benzene rings is 1. The van der Waals surface area contributed by atoms with E-state index in [2.05, 4.69) is 5.32 Å². The van der Waals surface area contributed by atoms with Gasteiger partial charge < -0.3 is 20.5 Å². The average molecular weight is 227 g/mol. The van der Waals surface area contributed by atoms with Crippen LogP contribution in [0.5, 0.6) is 0 Å². The van der Waals surface area contributed by atoms with E-state index in [-0.39, 0.29) is 24.2 Å². The van der Waals surface area contributed by atoms with Crippen molar-refractivity contribution in [2.24, 2.45) is 0 Å². The van der Waals surface area contributed by atoms with Crippen LogP contribution in [0.3, 0.4) is 0 Å². The molecule has 4 N–H and O–H groups in total. The molecule has 0 aromatic heterocycles. The van der Waals surface area contributed by atoms with Gasteiger partial charge in [-0.1, -0.05) is 6.07 Å². The van der Waals surface area contributed by atoms with Crippen molar-refractivity contribution in [3.05, 3.63) is 29.6 Å². The Morgan fingerprint density at radius 2 is 2.12 bits per heavy atom. The Bertz CT molecular complexity index is 386. The maximum absolute atomic E-state index is 13.2. The van der Waals surface area contributed by atoms with Crippen molar-refractivity contribution in [3.8, 4) is 0 Å². The molecular formula is C9H11BFNO4. The summed E-state index contributed by atoms with van der Waals surface area (Å²) < 4.78 is 13.2. The Morgan fingerprint density at radius 3 is 2.62 bits per heavy atom. The number of hydrogen-bond donors (Lipinski definition) is 4. The minimum Gasteiger partial charge on any atom is -0.423 e. The normalized spacial score (nSPS) is 10.0. The molecule has 86 valence electrons. The molecule has 0 saturated carbocycles. The fourth-order valence-corrected chi connectivity index (χ4v) is 1.15. The summed E-state index contributed by atoms with van der Waals surface area (Å²) in [5, 5.41) is 28.3. The molecule has 0 unspecified atom stereocenters. The second-order valence-electron chi connectivity index (χ2n) is 3.09. The lowest BCUT2D eigenvalue weighted by Crippen LogP contribution is -2.33. The van der Waals surface area contributed by atoms with E-state index < -0.39 is 18.8 Å². The summed E-state index contributed by atoms with van der Waals surface area (Å²) >= 11 is 0. The fraction of sp³-hybridized carbons (Fsp3) is 0.222. The Kier molecular flexibility index (Phi) is 4.42. The van der Waals surface area contributed by atoms with Crippen molar-refractivity contribution in [1.29, 1.82) is 0 Å². The van der Waals surface area contributed by atoms with Crippen LogP contribution >= 0.6 is 0 Å². The van der Waals surface area contributed by atoms with Crippen LogP contribution in [0.25, 0.3) is 0 Å². The Labute approximate surface area is 91.7 Å². The summed E-state index contributed by atoms with van der Waals surface area (Å²) in [5.41, 5.74) is -0.242. The summed E-state index contributed by atoms with van der Waals surface area (Å²) in [7, 11) is -1.91. The zero-order valence-electron chi connectivity index (χ0n) is 8.35. The third-order valence-corrected chi connectivity index (χ3v) is 1.94. The quantitative estimate of drug-likeness (QED) is 0.458. The molecule has 1 aromatic carbocycles. The minimum atomic E-state index is -1.91. The number of carbonyl (C=O) groups is 1. The van der Waals surface area contributed by atoms with Crippen LogP contribution in [0, 0.1) is 5.82 Å². The SMILES string of the molecule is O=C(NCCO)c1ccc(B(O)O)c(F)c1. The molecule has 0 saturated heterocycles. The van der Waals surface area contributed by atoms with Crippen molar-refractivity contribution < 1.29 is 24.3 Å². The average Bonchev–Trinajstić information content (AvgIpc) is 2.25. The first-order valence-corrected chi connectivity index (χ1v) is 4.61. The lowest BCUT2D eigenvalue weighted by molar-refractivity contribution is 0.0944. The van der Waals surface area contributed by atoms with Gasteiger partial charge in [-0.25, -0.2) is 4.39 Å². The molecule has 0 spiro atoms. The summed E-state index contributed by atoms with van der Waals surface area (Å²) in [6.07, 6.45) is 0. The zero-order chi connectivity index (χ0) is 12.1. The van der Waals surface area contributed by atoms with Gasteiger partial charge in [0.05, 0.1) is 6.61 Å². The molecule has 0 fully saturated rings. The van der Waals surface area contributed by atoms with E-state index in [1.54, 1.807) is 0 Å². The molecule has 0 aliphatic carbocycles. The molecule has 7 heteroatoms.